The summed E-state index contributed by atoms with van der Waals surface area (Å²) in [6.45, 7) is 3.55. The van der Waals surface area contributed by atoms with Crippen LogP contribution in [0.1, 0.15) is 28.9 Å². The van der Waals surface area contributed by atoms with Crippen LogP contribution in [0.3, 0.4) is 0 Å². The summed E-state index contributed by atoms with van der Waals surface area (Å²) in [6.07, 6.45) is 2.26. The SMILES string of the molecule is CN(c1ccccc1)c1nc(C(=O)NC[C@@H]2CCCN(Cc3ccccc3Cl)C2)cs1. The van der Waals surface area contributed by atoms with E-state index in [0.29, 0.717) is 18.2 Å². The van der Waals surface area contributed by atoms with Gasteiger partial charge in [0.2, 0.25) is 0 Å². The van der Waals surface area contributed by atoms with Gasteiger partial charge in [-0.05, 0) is 49.1 Å². The number of amides is 1. The van der Waals surface area contributed by atoms with Crippen molar-refractivity contribution < 1.29 is 4.79 Å². The van der Waals surface area contributed by atoms with Crippen LogP contribution < -0.4 is 10.2 Å². The highest BCUT2D eigenvalue weighted by Crippen LogP contribution is 2.27. The number of hydrogen-bond donors (Lipinski definition) is 1. The molecule has 2 heterocycles. The number of hydrogen-bond acceptors (Lipinski definition) is 5. The number of carbonyl (C=O) groups is 1. The third kappa shape index (κ3) is 5.64. The number of rotatable bonds is 7. The van der Waals surface area contributed by atoms with Crippen LogP contribution in [0, 0.1) is 5.92 Å². The number of halogens is 1. The van der Waals surface area contributed by atoms with Gasteiger partial charge in [-0.25, -0.2) is 4.98 Å². The van der Waals surface area contributed by atoms with E-state index >= 15 is 0 Å². The molecule has 1 amide bonds. The van der Waals surface area contributed by atoms with Crippen molar-refractivity contribution in [1.29, 1.82) is 0 Å². The minimum absolute atomic E-state index is 0.104. The zero-order valence-corrected chi connectivity index (χ0v) is 19.2. The van der Waals surface area contributed by atoms with Gasteiger partial charge in [-0.15, -0.1) is 11.3 Å². The molecule has 1 atom stereocenters. The smallest absolute Gasteiger partial charge is 0.270 e. The number of likely N-dealkylation sites (tertiary alicyclic amines) is 1. The summed E-state index contributed by atoms with van der Waals surface area (Å²) >= 11 is 7.80. The zero-order valence-electron chi connectivity index (χ0n) is 17.6. The van der Waals surface area contributed by atoms with Crippen molar-refractivity contribution in [1.82, 2.24) is 15.2 Å². The van der Waals surface area contributed by atoms with Gasteiger partial charge in [0.05, 0.1) is 0 Å². The molecule has 1 fully saturated rings. The van der Waals surface area contributed by atoms with Gasteiger partial charge < -0.3 is 10.2 Å². The van der Waals surface area contributed by atoms with Crippen molar-refractivity contribution in [3.05, 3.63) is 76.3 Å². The average Bonchev–Trinajstić information content (AvgIpc) is 3.30. The number of para-hydroxylation sites is 1. The Labute approximate surface area is 192 Å². The highest BCUT2D eigenvalue weighted by atomic mass is 35.5. The number of aromatic nitrogens is 1. The van der Waals surface area contributed by atoms with Crippen LogP contribution >= 0.6 is 22.9 Å². The Kier molecular flexibility index (Phi) is 7.22. The Morgan fingerprint density at radius 1 is 1.23 bits per heavy atom. The number of anilines is 2. The lowest BCUT2D eigenvalue weighted by molar-refractivity contribution is 0.0926. The van der Waals surface area contributed by atoms with E-state index in [1.165, 1.54) is 11.3 Å². The van der Waals surface area contributed by atoms with Gasteiger partial charge in [0.15, 0.2) is 5.13 Å². The number of nitrogens with zero attached hydrogens (tertiary/aromatic N) is 3. The van der Waals surface area contributed by atoms with Crippen molar-refractivity contribution >= 4 is 39.7 Å². The summed E-state index contributed by atoms with van der Waals surface area (Å²) in [5.41, 5.74) is 2.68. The molecule has 4 rings (SSSR count). The lowest BCUT2D eigenvalue weighted by atomic mass is 9.97. The van der Waals surface area contributed by atoms with E-state index in [0.717, 1.165) is 53.9 Å². The lowest BCUT2D eigenvalue weighted by Gasteiger charge is -2.33. The normalized spacial score (nSPS) is 16.8. The molecule has 162 valence electrons. The summed E-state index contributed by atoms with van der Waals surface area (Å²) in [5.74, 6) is 0.331. The summed E-state index contributed by atoms with van der Waals surface area (Å²) < 4.78 is 0. The van der Waals surface area contributed by atoms with Gasteiger partial charge >= 0.3 is 0 Å². The van der Waals surface area contributed by atoms with E-state index in [-0.39, 0.29) is 5.91 Å². The molecule has 2 aromatic carbocycles. The molecular formula is C24H27ClN4OS. The van der Waals surface area contributed by atoms with Crippen LogP contribution in [-0.4, -0.2) is 42.5 Å². The van der Waals surface area contributed by atoms with Crippen molar-refractivity contribution in [3.8, 4) is 0 Å². The molecule has 0 aliphatic carbocycles. The predicted molar refractivity (Wildman–Crippen MR) is 128 cm³/mol. The summed E-state index contributed by atoms with van der Waals surface area (Å²) in [7, 11) is 1.96. The van der Waals surface area contributed by atoms with Crippen LogP contribution in [0.4, 0.5) is 10.8 Å². The second-order valence-corrected chi connectivity index (χ2v) is 9.20. The Balaban J connectivity index is 1.29. The summed E-state index contributed by atoms with van der Waals surface area (Å²) in [4.78, 5) is 21.6. The number of carbonyl (C=O) groups excluding carboxylic acids is 1. The van der Waals surface area contributed by atoms with Gasteiger partial charge in [-0.2, -0.15) is 0 Å². The monoisotopic (exact) mass is 454 g/mol. The zero-order chi connectivity index (χ0) is 21.6. The molecule has 0 bridgehead atoms. The highest BCUT2D eigenvalue weighted by molar-refractivity contribution is 7.14. The summed E-state index contributed by atoms with van der Waals surface area (Å²) in [6, 6.07) is 18.0. The molecule has 3 aromatic rings. The number of thiazole rings is 1. The van der Waals surface area contributed by atoms with E-state index < -0.39 is 0 Å². The van der Waals surface area contributed by atoms with E-state index in [1.807, 2.05) is 65.9 Å². The molecule has 5 nitrogen and oxygen atoms in total. The largest absolute Gasteiger partial charge is 0.350 e. The summed E-state index contributed by atoms with van der Waals surface area (Å²) in [5, 5.41) is 6.54. The number of nitrogens with one attached hydrogen (secondary N) is 1. The van der Waals surface area contributed by atoms with E-state index in [2.05, 4.69) is 21.3 Å². The Bertz CT molecular complexity index is 1010. The molecule has 1 saturated heterocycles. The first-order valence-electron chi connectivity index (χ1n) is 10.6. The van der Waals surface area contributed by atoms with E-state index in [9.17, 15) is 4.79 Å². The van der Waals surface area contributed by atoms with Crippen molar-refractivity contribution in [2.75, 3.05) is 31.6 Å². The maximum atomic E-state index is 12.7. The fourth-order valence-electron chi connectivity index (χ4n) is 3.94. The molecule has 0 saturated carbocycles. The molecule has 0 radical (unpaired) electrons. The lowest BCUT2D eigenvalue weighted by Crippen LogP contribution is -2.40. The average molecular weight is 455 g/mol. The molecular weight excluding hydrogens is 428 g/mol. The van der Waals surface area contributed by atoms with Crippen molar-refractivity contribution in [2.24, 2.45) is 5.92 Å². The van der Waals surface area contributed by atoms with Gasteiger partial charge in [-0.3, -0.25) is 9.69 Å². The van der Waals surface area contributed by atoms with Crippen LogP contribution in [0.15, 0.2) is 60.0 Å². The fourth-order valence-corrected chi connectivity index (χ4v) is 4.93. The predicted octanol–water partition coefficient (Wildman–Crippen LogP) is 5.21. The minimum atomic E-state index is -0.104. The standard InChI is InChI=1S/C24H27ClN4OS/c1-28(20-10-3-2-4-11-20)24-27-22(17-31-24)23(30)26-14-18-8-7-13-29(15-18)16-19-9-5-6-12-21(19)25/h2-6,9-12,17-18H,7-8,13-16H2,1H3,(H,26,30)/t18-/m0/s1. The van der Waals surface area contributed by atoms with Gasteiger partial charge in [0, 0.05) is 42.8 Å². The first-order valence-corrected chi connectivity index (χ1v) is 11.8. The minimum Gasteiger partial charge on any atom is -0.350 e. The molecule has 0 spiro atoms. The fraction of sp³-hybridized carbons (Fsp3) is 0.333. The molecule has 0 unspecified atom stereocenters. The van der Waals surface area contributed by atoms with Gasteiger partial charge in [0.25, 0.3) is 5.91 Å². The topological polar surface area (TPSA) is 48.5 Å². The first-order chi connectivity index (χ1) is 15.1. The molecule has 1 aliphatic rings. The van der Waals surface area contributed by atoms with Gasteiger partial charge in [-0.1, -0.05) is 48.0 Å². The van der Waals surface area contributed by atoms with Crippen molar-refractivity contribution in [2.45, 2.75) is 19.4 Å². The maximum absolute atomic E-state index is 12.7. The van der Waals surface area contributed by atoms with Crippen LogP contribution in [0.2, 0.25) is 5.02 Å². The second kappa shape index (κ2) is 10.3. The first kappa shape index (κ1) is 21.8. The number of piperidine rings is 1. The molecule has 1 N–H and O–H groups in total. The van der Waals surface area contributed by atoms with E-state index in [1.54, 1.807) is 0 Å². The molecule has 1 aliphatic heterocycles. The maximum Gasteiger partial charge on any atom is 0.270 e. The van der Waals surface area contributed by atoms with Gasteiger partial charge in [0.1, 0.15) is 5.69 Å². The highest BCUT2D eigenvalue weighted by Gasteiger charge is 2.22. The third-order valence-electron chi connectivity index (χ3n) is 5.66. The Hall–Kier alpha value is -2.41. The Morgan fingerprint density at radius 3 is 2.81 bits per heavy atom. The Morgan fingerprint density at radius 2 is 2.00 bits per heavy atom. The molecule has 1 aromatic heterocycles. The quantitative estimate of drug-likeness (QED) is 0.532. The van der Waals surface area contributed by atoms with E-state index in [4.69, 9.17) is 11.6 Å². The third-order valence-corrected chi connectivity index (χ3v) is 6.95. The molecule has 31 heavy (non-hydrogen) atoms. The van der Waals surface area contributed by atoms with Crippen LogP contribution in [0.25, 0.3) is 0 Å². The van der Waals surface area contributed by atoms with Crippen LogP contribution in [-0.2, 0) is 6.54 Å². The van der Waals surface area contributed by atoms with Crippen molar-refractivity contribution in [3.63, 3.8) is 0 Å². The second-order valence-electron chi connectivity index (χ2n) is 7.95. The molecule has 7 heteroatoms. The van der Waals surface area contributed by atoms with Crippen LogP contribution in [0.5, 0.6) is 0 Å². The number of benzene rings is 2.